The summed E-state index contributed by atoms with van der Waals surface area (Å²) in [7, 11) is 0. The van der Waals surface area contributed by atoms with Crippen LogP contribution < -0.4 is 5.32 Å². The molecule has 158 valence electrons. The SMILES string of the molecule is C/C1=N\N2C(=O)NC(c3ccc(C(F)(F)F)nc3)=NC2C=C(c2ccc(C)cc2)C=C1. The van der Waals surface area contributed by atoms with Gasteiger partial charge in [-0.3, -0.25) is 10.3 Å². The van der Waals surface area contributed by atoms with Crippen molar-refractivity contribution in [1.29, 1.82) is 0 Å². The number of amides is 2. The highest BCUT2D eigenvalue weighted by molar-refractivity contribution is 6.09. The molecule has 0 radical (unpaired) electrons. The summed E-state index contributed by atoms with van der Waals surface area (Å²) in [4.78, 5) is 20.7. The summed E-state index contributed by atoms with van der Waals surface area (Å²) >= 11 is 0. The standard InChI is InChI=1S/C22H18F3N5O/c1-13-3-6-15(7-4-13)16-8-5-14(2)29-30-19(11-16)27-20(28-21(30)31)17-9-10-18(26-12-17)22(23,24)25/h3-12,19H,1-2H3,(H,27,28,31)/b8-5?,16-11?,29-14+. The first-order valence-corrected chi connectivity index (χ1v) is 9.44. The van der Waals surface area contributed by atoms with Gasteiger partial charge in [-0.15, -0.1) is 0 Å². The van der Waals surface area contributed by atoms with Crippen LogP contribution >= 0.6 is 0 Å². The van der Waals surface area contributed by atoms with E-state index in [1.165, 1.54) is 11.1 Å². The van der Waals surface area contributed by atoms with Gasteiger partial charge in [-0.25, -0.2) is 9.79 Å². The number of carbonyl (C=O) groups excluding carboxylic acids is 1. The fraction of sp³-hybridized carbons (Fsp3) is 0.182. The van der Waals surface area contributed by atoms with Crippen LogP contribution in [-0.4, -0.2) is 33.7 Å². The van der Waals surface area contributed by atoms with Crippen LogP contribution in [0, 0.1) is 6.92 Å². The van der Waals surface area contributed by atoms with Gasteiger partial charge in [0.15, 0.2) is 6.17 Å². The van der Waals surface area contributed by atoms with Crippen molar-refractivity contribution in [1.82, 2.24) is 15.3 Å². The number of carbonyl (C=O) groups is 1. The summed E-state index contributed by atoms with van der Waals surface area (Å²) in [5.41, 5.74) is 2.75. The second-order valence-electron chi connectivity index (χ2n) is 7.16. The molecule has 2 aliphatic rings. The number of aliphatic imine (C=N–C) groups is 1. The Hall–Kier alpha value is -3.75. The summed E-state index contributed by atoms with van der Waals surface area (Å²) in [5, 5.41) is 8.07. The number of rotatable bonds is 2. The van der Waals surface area contributed by atoms with Gasteiger partial charge in [0.25, 0.3) is 0 Å². The number of urea groups is 1. The van der Waals surface area contributed by atoms with E-state index in [9.17, 15) is 18.0 Å². The van der Waals surface area contributed by atoms with Crippen molar-refractivity contribution in [2.45, 2.75) is 26.2 Å². The first-order chi connectivity index (χ1) is 14.7. The van der Waals surface area contributed by atoms with Gasteiger partial charge in [0, 0.05) is 11.8 Å². The number of allylic oxidation sites excluding steroid dienone is 3. The molecule has 0 bridgehead atoms. The average Bonchev–Trinajstić information content (AvgIpc) is 2.72. The number of nitrogens with one attached hydrogen (secondary N) is 1. The van der Waals surface area contributed by atoms with Gasteiger partial charge in [-0.2, -0.15) is 23.3 Å². The van der Waals surface area contributed by atoms with Crippen LogP contribution in [0.25, 0.3) is 5.57 Å². The number of hydrogen-bond acceptors (Lipinski definition) is 4. The molecule has 0 saturated heterocycles. The zero-order valence-corrected chi connectivity index (χ0v) is 16.7. The molecule has 0 saturated carbocycles. The average molecular weight is 425 g/mol. The minimum Gasteiger partial charge on any atom is -0.290 e. The third-order valence-electron chi connectivity index (χ3n) is 4.76. The highest BCUT2D eigenvalue weighted by atomic mass is 19.4. The zero-order valence-electron chi connectivity index (χ0n) is 16.7. The van der Waals surface area contributed by atoms with E-state index in [0.29, 0.717) is 5.71 Å². The number of hydrogen-bond donors (Lipinski definition) is 1. The Labute approximate surface area is 176 Å². The Balaban J connectivity index is 1.75. The maximum absolute atomic E-state index is 12.8. The fourth-order valence-electron chi connectivity index (χ4n) is 3.13. The number of benzene rings is 1. The van der Waals surface area contributed by atoms with E-state index in [-0.39, 0.29) is 11.4 Å². The van der Waals surface area contributed by atoms with Gasteiger partial charge < -0.3 is 0 Å². The Bertz CT molecular complexity index is 1130. The largest absolute Gasteiger partial charge is 0.433 e. The molecule has 0 spiro atoms. The van der Waals surface area contributed by atoms with Crippen molar-refractivity contribution in [2.75, 3.05) is 0 Å². The maximum atomic E-state index is 12.8. The molecule has 4 rings (SSSR count). The van der Waals surface area contributed by atoms with Crippen molar-refractivity contribution in [3.63, 3.8) is 0 Å². The highest BCUT2D eigenvalue weighted by Crippen LogP contribution is 2.28. The van der Waals surface area contributed by atoms with Gasteiger partial charge in [0.05, 0.1) is 5.71 Å². The molecule has 0 aliphatic carbocycles. The minimum atomic E-state index is -4.54. The summed E-state index contributed by atoms with van der Waals surface area (Å²) in [6, 6.07) is 9.45. The Morgan fingerprint density at radius 1 is 1.00 bits per heavy atom. The lowest BCUT2D eigenvalue weighted by molar-refractivity contribution is -0.141. The molecular formula is C22H18F3N5O. The lowest BCUT2D eigenvalue weighted by Gasteiger charge is -2.30. The molecule has 1 aromatic carbocycles. The molecule has 1 atom stereocenters. The maximum Gasteiger partial charge on any atom is 0.433 e. The first-order valence-electron chi connectivity index (χ1n) is 9.44. The third kappa shape index (κ3) is 4.40. The second-order valence-corrected chi connectivity index (χ2v) is 7.16. The van der Waals surface area contributed by atoms with Gasteiger partial charge in [0.1, 0.15) is 11.5 Å². The summed E-state index contributed by atoms with van der Waals surface area (Å²) < 4.78 is 38.4. The smallest absolute Gasteiger partial charge is 0.290 e. The molecule has 2 amide bonds. The van der Waals surface area contributed by atoms with E-state index in [1.54, 1.807) is 19.1 Å². The van der Waals surface area contributed by atoms with Gasteiger partial charge in [-0.05, 0) is 49.3 Å². The zero-order chi connectivity index (χ0) is 22.2. The second kappa shape index (κ2) is 7.82. The monoisotopic (exact) mass is 425 g/mol. The molecular weight excluding hydrogens is 407 g/mol. The summed E-state index contributed by atoms with van der Waals surface area (Å²) in [6.07, 6.45) is 1.20. The molecule has 2 aromatic rings. The van der Waals surface area contributed by atoms with Crippen molar-refractivity contribution < 1.29 is 18.0 Å². The third-order valence-corrected chi connectivity index (χ3v) is 4.76. The molecule has 1 N–H and O–H groups in total. The predicted octanol–water partition coefficient (Wildman–Crippen LogP) is 4.54. The van der Waals surface area contributed by atoms with Crippen molar-refractivity contribution >= 4 is 23.2 Å². The number of pyridine rings is 1. The quantitative estimate of drug-likeness (QED) is 0.768. The molecule has 31 heavy (non-hydrogen) atoms. The number of fused-ring (bicyclic) bond motifs is 1. The van der Waals surface area contributed by atoms with Crippen LogP contribution in [0.3, 0.4) is 0 Å². The normalized spacial score (nSPS) is 20.5. The lowest BCUT2D eigenvalue weighted by Crippen LogP contribution is -2.50. The molecule has 9 heteroatoms. The fourth-order valence-corrected chi connectivity index (χ4v) is 3.13. The van der Waals surface area contributed by atoms with Crippen LogP contribution in [-0.2, 0) is 6.18 Å². The van der Waals surface area contributed by atoms with Crippen molar-refractivity contribution in [3.05, 3.63) is 83.2 Å². The van der Waals surface area contributed by atoms with E-state index < -0.39 is 24.1 Å². The van der Waals surface area contributed by atoms with Crippen LogP contribution in [0.2, 0.25) is 0 Å². The summed E-state index contributed by atoms with van der Waals surface area (Å²) in [5.74, 6) is 0.129. The first kappa shape index (κ1) is 20.5. The molecule has 1 aromatic heterocycles. The Kier molecular flexibility index (Phi) is 5.18. The van der Waals surface area contributed by atoms with Gasteiger partial charge >= 0.3 is 12.2 Å². The topological polar surface area (TPSA) is 70.0 Å². The van der Waals surface area contributed by atoms with E-state index in [0.717, 1.165) is 29.0 Å². The Morgan fingerprint density at radius 3 is 2.35 bits per heavy atom. The molecule has 2 aliphatic heterocycles. The van der Waals surface area contributed by atoms with E-state index in [4.69, 9.17) is 0 Å². The lowest BCUT2D eigenvalue weighted by atomic mass is 10.0. The minimum absolute atomic E-state index is 0.129. The van der Waals surface area contributed by atoms with Crippen LogP contribution in [0.1, 0.15) is 29.3 Å². The highest BCUT2D eigenvalue weighted by Gasteiger charge is 2.33. The molecule has 1 unspecified atom stereocenters. The number of aryl methyl sites for hydroxylation is 1. The van der Waals surface area contributed by atoms with E-state index in [2.05, 4.69) is 20.4 Å². The van der Waals surface area contributed by atoms with Crippen molar-refractivity contribution in [3.8, 4) is 0 Å². The van der Waals surface area contributed by atoms with E-state index >= 15 is 0 Å². The van der Waals surface area contributed by atoms with Crippen molar-refractivity contribution in [2.24, 2.45) is 10.1 Å². The van der Waals surface area contributed by atoms with Crippen LogP contribution in [0.5, 0.6) is 0 Å². The van der Waals surface area contributed by atoms with Crippen LogP contribution in [0.4, 0.5) is 18.0 Å². The number of halogens is 3. The predicted molar refractivity (Wildman–Crippen MR) is 111 cm³/mol. The van der Waals surface area contributed by atoms with Gasteiger partial charge in [-0.1, -0.05) is 35.9 Å². The number of hydrazone groups is 1. The molecule has 0 fully saturated rings. The molecule has 6 nitrogen and oxygen atoms in total. The Morgan fingerprint density at radius 2 is 1.71 bits per heavy atom. The van der Waals surface area contributed by atoms with Crippen LogP contribution in [0.15, 0.2) is 70.9 Å². The summed E-state index contributed by atoms with van der Waals surface area (Å²) in [6.45, 7) is 3.75. The van der Waals surface area contributed by atoms with E-state index in [1.807, 2.05) is 37.3 Å². The molecule has 3 heterocycles. The number of aromatic nitrogens is 1. The number of nitrogens with zero attached hydrogens (tertiary/aromatic N) is 4. The number of amidine groups is 1. The van der Waals surface area contributed by atoms with Gasteiger partial charge in [0.2, 0.25) is 0 Å². The number of alkyl halides is 3.